The van der Waals surface area contributed by atoms with Crippen LogP contribution in [0.3, 0.4) is 0 Å². The molecule has 2 atom stereocenters. The van der Waals surface area contributed by atoms with Crippen molar-refractivity contribution in [3.05, 3.63) is 57.3 Å². The number of alkyl halides is 3. The van der Waals surface area contributed by atoms with E-state index in [2.05, 4.69) is 5.16 Å². The fourth-order valence-electron chi connectivity index (χ4n) is 3.33. The highest BCUT2D eigenvalue weighted by molar-refractivity contribution is 5.68. The number of piperidine rings is 1. The molecule has 1 N–H and O–H groups in total. The second-order valence-electron chi connectivity index (χ2n) is 6.25. The molecule has 1 aliphatic heterocycles. The van der Waals surface area contributed by atoms with Gasteiger partial charge in [-0.3, -0.25) is 4.79 Å². The van der Waals surface area contributed by atoms with Crippen molar-refractivity contribution in [2.45, 2.75) is 31.0 Å². The maximum atomic E-state index is 14.5. The number of aromatic amines is 1. The number of aromatic nitrogens is 1. The van der Waals surface area contributed by atoms with Gasteiger partial charge in [0.05, 0.1) is 18.7 Å². The summed E-state index contributed by atoms with van der Waals surface area (Å²) in [5.74, 6) is -1.03. The summed E-state index contributed by atoms with van der Waals surface area (Å²) in [6, 6.07) is 2.60. The van der Waals surface area contributed by atoms with Crippen LogP contribution in [-0.4, -0.2) is 29.8 Å². The van der Waals surface area contributed by atoms with E-state index in [1.54, 1.807) is 0 Å². The van der Waals surface area contributed by atoms with Crippen molar-refractivity contribution in [3.63, 3.8) is 0 Å². The third-order valence-electron chi connectivity index (χ3n) is 4.64. The lowest BCUT2D eigenvalue weighted by atomic mass is 9.85. The van der Waals surface area contributed by atoms with E-state index < -0.39 is 35.3 Å². The van der Waals surface area contributed by atoms with Gasteiger partial charge in [0.1, 0.15) is 11.6 Å². The molecular weight excluding hydrogens is 372 g/mol. The Morgan fingerprint density at radius 1 is 1.33 bits per heavy atom. The third-order valence-corrected chi connectivity index (χ3v) is 4.64. The average Bonchev–Trinajstić information content (AvgIpc) is 3.06. The zero-order valence-corrected chi connectivity index (χ0v) is 14.2. The van der Waals surface area contributed by atoms with Crippen LogP contribution in [0.5, 0.6) is 0 Å². The van der Waals surface area contributed by atoms with Gasteiger partial charge in [0.2, 0.25) is 0 Å². The fourth-order valence-corrected chi connectivity index (χ4v) is 3.33. The summed E-state index contributed by atoms with van der Waals surface area (Å²) in [5, 5.41) is 2.17. The highest BCUT2D eigenvalue weighted by atomic mass is 19.4. The molecule has 1 aromatic heterocycles. The molecule has 0 spiro atoms. The van der Waals surface area contributed by atoms with Gasteiger partial charge in [0.25, 0.3) is 5.56 Å². The van der Waals surface area contributed by atoms with Crippen molar-refractivity contribution < 1.29 is 31.6 Å². The lowest BCUT2D eigenvalue weighted by Crippen LogP contribution is -2.40. The number of nitrogens with one attached hydrogen (secondary N) is 1. The van der Waals surface area contributed by atoms with Crippen molar-refractivity contribution in [2.24, 2.45) is 0 Å². The Bertz CT molecular complexity index is 890. The minimum atomic E-state index is -4.68. The summed E-state index contributed by atoms with van der Waals surface area (Å²) < 4.78 is 62.7. The van der Waals surface area contributed by atoms with E-state index in [-0.39, 0.29) is 24.4 Å². The second kappa shape index (κ2) is 7.09. The van der Waals surface area contributed by atoms with Crippen LogP contribution in [0.4, 0.5) is 22.4 Å². The molecule has 1 aliphatic rings. The summed E-state index contributed by atoms with van der Waals surface area (Å²) in [7, 11) is 1.17. The van der Waals surface area contributed by atoms with Gasteiger partial charge >= 0.3 is 12.3 Å². The smallest absolute Gasteiger partial charge is 0.416 e. The van der Waals surface area contributed by atoms with Gasteiger partial charge in [-0.1, -0.05) is 6.07 Å². The number of rotatable bonds is 2. The van der Waals surface area contributed by atoms with E-state index in [4.69, 9.17) is 9.26 Å². The maximum Gasteiger partial charge on any atom is 0.416 e. The minimum absolute atomic E-state index is 0.0593. The van der Waals surface area contributed by atoms with Crippen LogP contribution < -0.4 is 5.56 Å². The maximum absolute atomic E-state index is 14.5. The predicted molar refractivity (Wildman–Crippen MR) is 84.6 cm³/mol. The van der Waals surface area contributed by atoms with Crippen LogP contribution in [0.1, 0.15) is 41.7 Å². The van der Waals surface area contributed by atoms with Crippen molar-refractivity contribution in [3.8, 4) is 0 Å². The predicted octanol–water partition coefficient (Wildman–Crippen LogP) is 3.81. The number of halogens is 4. The van der Waals surface area contributed by atoms with Gasteiger partial charge in [-0.2, -0.15) is 18.3 Å². The van der Waals surface area contributed by atoms with Gasteiger partial charge in [-0.05, 0) is 25.0 Å². The first kappa shape index (κ1) is 19.0. The molecule has 0 unspecified atom stereocenters. The molecule has 6 nitrogen and oxygen atoms in total. The topological polar surface area (TPSA) is 75.5 Å². The Kier molecular flexibility index (Phi) is 4.99. The number of nitrogens with zero attached hydrogens (tertiary/aromatic N) is 1. The minimum Gasteiger partial charge on any atom is -0.453 e. The van der Waals surface area contributed by atoms with Crippen molar-refractivity contribution in [1.82, 2.24) is 10.1 Å². The van der Waals surface area contributed by atoms with E-state index in [1.807, 2.05) is 0 Å². The van der Waals surface area contributed by atoms with Gasteiger partial charge in [0, 0.05) is 24.1 Å². The van der Waals surface area contributed by atoms with E-state index in [0.29, 0.717) is 18.2 Å². The van der Waals surface area contributed by atoms with Crippen molar-refractivity contribution in [1.29, 1.82) is 0 Å². The number of ether oxygens (including phenoxy) is 1. The Labute approximate surface area is 150 Å². The van der Waals surface area contributed by atoms with Crippen LogP contribution in [0.15, 0.2) is 33.6 Å². The Balaban J connectivity index is 1.96. The summed E-state index contributed by atoms with van der Waals surface area (Å²) >= 11 is 0. The summed E-state index contributed by atoms with van der Waals surface area (Å²) in [6.45, 7) is 0.164. The monoisotopic (exact) mass is 388 g/mol. The van der Waals surface area contributed by atoms with E-state index in [9.17, 15) is 27.2 Å². The quantitative estimate of drug-likeness (QED) is 0.794. The Morgan fingerprint density at radius 3 is 2.63 bits per heavy atom. The summed E-state index contributed by atoms with van der Waals surface area (Å²) in [4.78, 5) is 24.6. The number of benzene rings is 1. The third kappa shape index (κ3) is 3.83. The molecule has 10 heteroatoms. The normalized spacial score (nSPS) is 20.6. The van der Waals surface area contributed by atoms with E-state index >= 15 is 0 Å². The van der Waals surface area contributed by atoms with Crippen LogP contribution in [0, 0.1) is 5.82 Å². The number of carbonyl (C=O) groups excluding carboxylic acids is 1. The molecule has 146 valence electrons. The number of carbonyl (C=O) groups is 1. The number of hydrogen-bond acceptors (Lipinski definition) is 4. The second-order valence-corrected chi connectivity index (χ2v) is 6.25. The zero-order valence-electron chi connectivity index (χ0n) is 14.2. The van der Waals surface area contributed by atoms with Gasteiger partial charge in [0.15, 0.2) is 0 Å². The fraction of sp³-hybridized carbons (Fsp3) is 0.412. The van der Waals surface area contributed by atoms with Gasteiger partial charge in [-0.25, -0.2) is 9.18 Å². The molecule has 1 amide bonds. The molecule has 1 fully saturated rings. The molecule has 3 rings (SSSR count). The summed E-state index contributed by atoms with van der Waals surface area (Å²) in [6.07, 6.45) is -4.80. The highest BCUT2D eigenvalue weighted by Crippen LogP contribution is 2.41. The molecule has 1 aromatic carbocycles. The van der Waals surface area contributed by atoms with Crippen LogP contribution in [-0.2, 0) is 10.9 Å². The van der Waals surface area contributed by atoms with Crippen LogP contribution >= 0.6 is 0 Å². The van der Waals surface area contributed by atoms with Gasteiger partial charge < -0.3 is 14.2 Å². The van der Waals surface area contributed by atoms with E-state index in [0.717, 1.165) is 12.1 Å². The van der Waals surface area contributed by atoms with Crippen LogP contribution in [0.2, 0.25) is 0 Å². The van der Waals surface area contributed by atoms with Crippen molar-refractivity contribution in [2.75, 3.05) is 13.7 Å². The first-order valence-electron chi connectivity index (χ1n) is 8.10. The molecule has 1 saturated heterocycles. The Hall–Kier alpha value is -2.78. The number of methoxy groups -OCH3 is 1. The molecule has 0 aliphatic carbocycles. The highest BCUT2D eigenvalue weighted by Gasteiger charge is 2.38. The average molecular weight is 388 g/mol. The summed E-state index contributed by atoms with van der Waals surface area (Å²) in [5.41, 5.74) is -1.61. The number of likely N-dealkylation sites (tertiary alicyclic amines) is 1. The standard InChI is InChI=1S/C17H16F4N2O4/c1-26-16(25)23-5-4-9(14-8-15(24)22-27-14)6-13(23)11-3-2-10(7-12(11)18)17(19,20)21/h2-3,7-9,13H,4-6H2,1H3,(H,22,24)/t9-,13-/m0/s1. The largest absolute Gasteiger partial charge is 0.453 e. The molecular formula is C17H16F4N2O4. The number of amides is 1. The zero-order chi connectivity index (χ0) is 19.8. The van der Waals surface area contributed by atoms with Crippen molar-refractivity contribution >= 4 is 6.09 Å². The Morgan fingerprint density at radius 2 is 2.07 bits per heavy atom. The first-order valence-corrected chi connectivity index (χ1v) is 8.10. The number of H-pyrrole nitrogens is 1. The molecule has 2 aromatic rings. The van der Waals surface area contributed by atoms with Gasteiger partial charge in [-0.15, -0.1) is 0 Å². The number of hydrogen-bond donors (Lipinski definition) is 1. The molecule has 0 saturated carbocycles. The van der Waals surface area contributed by atoms with E-state index in [1.165, 1.54) is 18.1 Å². The molecule has 2 heterocycles. The lowest BCUT2D eigenvalue weighted by molar-refractivity contribution is -0.137. The molecule has 0 bridgehead atoms. The lowest BCUT2D eigenvalue weighted by Gasteiger charge is -2.38. The molecule has 0 radical (unpaired) electrons. The SMILES string of the molecule is COC(=O)N1CC[C@H](c2cc(=O)[nH]o2)C[C@H]1c1ccc(C(F)(F)F)cc1F. The first-order chi connectivity index (χ1) is 12.7. The molecule has 27 heavy (non-hydrogen) atoms. The van der Waals surface area contributed by atoms with Crippen LogP contribution in [0.25, 0.3) is 0 Å².